The number of Topliss-reactive ketones (excluding diaryl/α,β-unsaturated/α-hetero) is 1. The molecule has 5 aromatic rings. The zero-order valence-electron chi connectivity index (χ0n) is 56.6. The summed E-state index contributed by atoms with van der Waals surface area (Å²) in [5.74, 6) is 0.217. The van der Waals surface area contributed by atoms with E-state index in [2.05, 4.69) is 45.0 Å². The highest BCUT2D eigenvalue weighted by Gasteiger charge is 2.49. The van der Waals surface area contributed by atoms with Gasteiger partial charge in [-0.1, -0.05) is 86.9 Å². The first-order valence-corrected chi connectivity index (χ1v) is 33.4. The number of phenols is 2. The Bertz CT molecular complexity index is 4020. The molecule has 27 heteroatoms. The molecule has 0 aromatic heterocycles. The van der Waals surface area contributed by atoms with E-state index in [1.165, 1.54) is 32.2 Å². The Morgan fingerprint density at radius 3 is 2.24 bits per heavy atom. The number of ether oxygens (including phenoxy) is 6. The Labute approximate surface area is 583 Å². The van der Waals surface area contributed by atoms with Crippen LogP contribution in [0.3, 0.4) is 0 Å². The third-order valence-corrected chi connectivity index (χ3v) is 18.2. The van der Waals surface area contributed by atoms with Crippen LogP contribution in [0.15, 0.2) is 103 Å². The molecule has 4 aliphatic rings. The van der Waals surface area contributed by atoms with Gasteiger partial charge in [0.25, 0.3) is 0 Å². The number of hydrogen-bond acceptors (Lipinski definition) is 20. The minimum absolute atomic E-state index is 0.00887. The number of nitrogens with zero attached hydrogens (tertiary/aromatic N) is 1. The minimum Gasteiger partial charge on any atom is -0.507 e. The number of primary amides is 1. The molecule has 1 saturated heterocycles. The number of aliphatic hydroxyl groups excluding tert-OH is 2. The first-order chi connectivity index (χ1) is 48.4. The van der Waals surface area contributed by atoms with E-state index < -0.39 is 132 Å². The number of ketones is 3. The van der Waals surface area contributed by atoms with Crippen molar-refractivity contribution in [3.05, 3.63) is 159 Å². The molecule has 9 rings (SSSR count). The van der Waals surface area contributed by atoms with Crippen molar-refractivity contribution in [2.24, 2.45) is 17.6 Å². The van der Waals surface area contributed by atoms with Gasteiger partial charge in [0.05, 0.1) is 99.0 Å². The topological polar surface area (TPSA) is 400 Å². The first-order valence-electron chi connectivity index (χ1n) is 33.4. The largest absolute Gasteiger partial charge is 0.507 e. The van der Waals surface area contributed by atoms with Gasteiger partial charge < -0.3 is 91.2 Å². The van der Waals surface area contributed by atoms with Gasteiger partial charge in [0.1, 0.15) is 30.0 Å². The number of aliphatic hydroxyl groups is 3. The van der Waals surface area contributed by atoms with Gasteiger partial charge in [0.15, 0.2) is 17.9 Å². The van der Waals surface area contributed by atoms with Crippen molar-refractivity contribution in [3.8, 4) is 29.1 Å². The average molecular weight is 1390 g/mol. The highest BCUT2D eigenvalue weighted by molar-refractivity contribution is 6.31. The quantitative estimate of drug-likeness (QED) is 0.0113. The number of nitrogens with one attached hydrogen (secondary N) is 5. The maximum absolute atomic E-state index is 14.2. The van der Waals surface area contributed by atoms with E-state index in [0.29, 0.717) is 23.5 Å². The van der Waals surface area contributed by atoms with E-state index in [1.807, 2.05) is 48.5 Å². The molecular weight excluding hydrogens is 1310 g/mol. The lowest BCUT2D eigenvalue weighted by atomic mass is 9.71. The number of fused-ring (bicyclic) bond motifs is 5. The van der Waals surface area contributed by atoms with Crippen LogP contribution in [-0.2, 0) is 67.2 Å². The smallest absolute Gasteiger partial charge is 0.407 e. The highest BCUT2D eigenvalue weighted by atomic mass is 16.7. The Kier molecular flexibility index (Phi) is 25.6. The Morgan fingerprint density at radius 2 is 1.51 bits per heavy atom. The summed E-state index contributed by atoms with van der Waals surface area (Å²) in [6.45, 7) is 9.01. The fraction of sp³-hybridized carbons (Fsp3) is 0.419. The SMILES string of the molecule is C=C(CO)[C@]1(O)Cc2c(O)c3c(c(O)c2[C@@H](O[C@H]2C[C@H](NC(=O)OCc4ccc(NC(=O)C(CCCNC(N)=O)CC(=O)[C@@H](NC(=O)CCOCCOCCNC(=O)CCC(=O)N5Cc6ccccc6C#Cc6ccccc65)C(C)C)cc4)[C@H](O)[C@H](C)O2)C1)C(=O)c1c(OC)cccc1C3=O. The molecule has 536 valence electrons. The zero-order chi connectivity index (χ0) is 72.7. The van der Waals surface area contributed by atoms with Crippen molar-refractivity contribution in [2.45, 2.75) is 134 Å². The number of amides is 7. The van der Waals surface area contributed by atoms with Crippen LogP contribution in [-0.4, -0.2) is 168 Å². The molecule has 7 amide bonds. The molecule has 27 nitrogen and oxygen atoms in total. The molecule has 8 atom stereocenters. The van der Waals surface area contributed by atoms with Crippen LogP contribution >= 0.6 is 0 Å². The number of phenolic OH excluding ortho intramolecular Hbond substituents is 2. The van der Waals surface area contributed by atoms with Crippen molar-refractivity contribution in [1.82, 2.24) is 21.3 Å². The molecule has 5 aromatic carbocycles. The van der Waals surface area contributed by atoms with Crippen LogP contribution in [0.5, 0.6) is 17.2 Å². The van der Waals surface area contributed by atoms with Crippen molar-refractivity contribution in [3.63, 3.8) is 0 Å². The third kappa shape index (κ3) is 18.5. The van der Waals surface area contributed by atoms with Crippen LogP contribution in [0.4, 0.5) is 21.0 Å². The van der Waals surface area contributed by atoms with Crippen LogP contribution in [0, 0.1) is 23.7 Å². The van der Waals surface area contributed by atoms with Gasteiger partial charge >= 0.3 is 12.1 Å². The minimum atomic E-state index is -1.98. The molecule has 2 heterocycles. The Balaban J connectivity index is 0.714. The van der Waals surface area contributed by atoms with Crippen molar-refractivity contribution in [1.29, 1.82) is 0 Å². The van der Waals surface area contributed by atoms with E-state index >= 15 is 0 Å². The summed E-state index contributed by atoms with van der Waals surface area (Å²) in [5, 5.41) is 70.6. The van der Waals surface area contributed by atoms with Crippen LogP contribution in [0.2, 0.25) is 0 Å². The van der Waals surface area contributed by atoms with Gasteiger partial charge in [0, 0.05) is 97.5 Å². The zero-order valence-corrected chi connectivity index (χ0v) is 56.6. The molecule has 0 spiro atoms. The maximum Gasteiger partial charge on any atom is 0.407 e. The van der Waals surface area contributed by atoms with E-state index in [0.717, 1.165) is 16.7 Å². The van der Waals surface area contributed by atoms with E-state index in [4.69, 9.17) is 34.2 Å². The number of hydrogen-bond donors (Lipinski definition) is 11. The normalized spacial score (nSPS) is 19.3. The van der Waals surface area contributed by atoms with Crippen LogP contribution in [0.1, 0.15) is 143 Å². The van der Waals surface area contributed by atoms with Gasteiger partial charge in [0.2, 0.25) is 29.4 Å². The number of urea groups is 1. The summed E-state index contributed by atoms with van der Waals surface area (Å²) in [6, 6.07) is 22.9. The summed E-state index contributed by atoms with van der Waals surface area (Å²) < 4.78 is 34.5. The molecular formula is C74H85N7O20. The molecule has 101 heavy (non-hydrogen) atoms. The molecule has 2 aliphatic carbocycles. The van der Waals surface area contributed by atoms with Gasteiger partial charge in [-0.2, -0.15) is 0 Å². The van der Waals surface area contributed by atoms with Gasteiger partial charge in [-0.15, -0.1) is 0 Å². The fourth-order valence-corrected chi connectivity index (χ4v) is 12.7. The van der Waals surface area contributed by atoms with E-state index in [-0.39, 0.29) is 142 Å². The number of anilines is 2. The second-order valence-corrected chi connectivity index (χ2v) is 25.5. The molecule has 1 unspecified atom stereocenters. The third-order valence-electron chi connectivity index (χ3n) is 18.2. The number of aromatic hydroxyl groups is 2. The summed E-state index contributed by atoms with van der Waals surface area (Å²) in [4.78, 5) is 122. The Hall–Kier alpha value is -10.1. The number of carbonyl (C=O) groups is 9. The average Bonchev–Trinajstić information content (AvgIpc) is 0.711. The monoisotopic (exact) mass is 1390 g/mol. The number of nitrogens with two attached hydrogens (primary N) is 1. The second kappa shape index (κ2) is 34.3. The molecule has 12 N–H and O–H groups in total. The summed E-state index contributed by atoms with van der Waals surface area (Å²) >= 11 is 0. The summed E-state index contributed by atoms with van der Waals surface area (Å²) in [6.07, 6.45) is -6.99. The lowest BCUT2D eigenvalue weighted by Gasteiger charge is -2.43. The molecule has 0 saturated carbocycles. The molecule has 0 radical (unpaired) electrons. The molecule has 2 aliphatic heterocycles. The number of benzene rings is 5. The summed E-state index contributed by atoms with van der Waals surface area (Å²) in [5.41, 5.74) is 5.64. The van der Waals surface area contributed by atoms with Crippen molar-refractivity contribution >= 4 is 64.5 Å². The van der Waals surface area contributed by atoms with Gasteiger partial charge in [-0.25, -0.2) is 9.59 Å². The number of rotatable bonds is 31. The number of para-hydroxylation sites is 1. The second-order valence-electron chi connectivity index (χ2n) is 25.5. The van der Waals surface area contributed by atoms with Gasteiger partial charge in [-0.05, 0) is 78.8 Å². The standard InChI is InChI=1S/C74H85N7O20/c1-41(2)65(80-58(85)27-30-97-32-33-98-31-29-76-57(84)25-26-59(86)81-38-48-14-7-6-12-45(48)21-22-46-13-8-9-17-53(46)81)54(83)34-47(15-11-28-77-72(75)93)71(92)78-49-23-19-44(20-24-49)40-99-73(94)79-52-35-60(100-43(4)66(52)87)101-56-37-74(95,42(3)39-82)36-51-62(56)70(91)64-63(68(51)89)67(88)50-16-10-18-55(96-5)61(50)69(64)90/h6-10,12-14,16-20,23-24,41,43,47,52,56,60,65-66,82,87,89,91,95H,3,11,15,25-40H2,1-2,4-5H3,(H,76,84)(H,78,92)(H,79,94)(H,80,85)(H3,75,77,93)/t43-,47?,52-,56-,60-,65-,66+,74-/m0/s1. The predicted octanol–water partition coefficient (Wildman–Crippen LogP) is 5.33. The summed E-state index contributed by atoms with van der Waals surface area (Å²) in [7, 11) is 1.31. The van der Waals surface area contributed by atoms with Gasteiger partial charge in [-0.3, -0.25) is 33.6 Å². The van der Waals surface area contributed by atoms with Crippen molar-refractivity contribution < 1.29 is 97.1 Å². The van der Waals surface area contributed by atoms with E-state index in [1.54, 1.807) is 43.0 Å². The lowest BCUT2D eigenvalue weighted by molar-refractivity contribution is -0.248. The van der Waals surface area contributed by atoms with E-state index in [9.17, 15) is 68.7 Å². The fourth-order valence-electron chi connectivity index (χ4n) is 12.7. The highest BCUT2D eigenvalue weighted by Crippen LogP contribution is 2.53. The number of methoxy groups -OCH3 is 1. The number of carbonyl (C=O) groups excluding carboxylic acids is 9. The predicted molar refractivity (Wildman–Crippen MR) is 365 cm³/mol. The lowest BCUT2D eigenvalue weighted by Crippen LogP contribution is -2.55. The molecule has 1 fully saturated rings. The van der Waals surface area contributed by atoms with Crippen molar-refractivity contribution in [2.75, 3.05) is 63.5 Å². The molecule has 0 bridgehead atoms. The first kappa shape index (κ1) is 75.2. The van der Waals surface area contributed by atoms with Crippen LogP contribution in [0.25, 0.3) is 0 Å². The Morgan fingerprint density at radius 1 is 0.812 bits per heavy atom. The number of alkyl carbamates (subject to hydrolysis) is 1. The maximum atomic E-state index is 14.2. The van der Waals surface area contributed by atoms with Crippen LogP contribution < -0.4 is 42.0 Å².